The van der Waals surface area contributed by atoms with Crippen LogP contribution in [0.1, 0.15) is 72.4 Å². The highest BCUT2D eigenvalue weighted by molar-refractivity contribution is 5.92. The number of ether oxygens (including phenoxy) is 2. The monoisotopic (exact) mass is 440 g/mol. The molecule has 33 heavy (non-hydrogen) atoms. The van der Waals surface area contributed by atoms with Gasteiger partial charge in [0.2, 0.25) is 0 Å². The largest absolute Gasteiger partial charge is 0.454 e. The number of rotatable bonds is 4. The van der Waals surface area contributed by atoms with Crippen molar-refractivity contribution in [3.8, 4) is 0 Å². The lowest BCUT2D eigenvalue weighted by atomic mass is 9.87. The van der Waals surface area contributed by atoms with Gasteiger partial charge in [-0.05, 0) is 79.6 Å². The first-order chi connectivity index (χ1) is 15.9. The maximum absolute atomic E-state index is 13.2. The highest BCUT2D eigenvalue weighted by atomic mass is 16.6. The Kier molecular flexibility index (Phi) is 5.32. The van der Waals surface area contributed by atoms with E-state index >= 15 is 0 Å². The maximum atomic E-state index is 13.2. The van der Waals surface area contributed by atoms with E-state index < -0.39 is 12.2 Å². The summed E-state index contributed by atoms with van der Waals surface area (Å²) in [6, 6.07) is 19.5. The van der Waals surface area contributed by atoms with Crippen LogP contribution in [0, 0.1) is 27.7 Å². The first kappa shape index (κ1) is 21.4. The fraction of sp³-hybridized carbons (Fsp3) is 0.310. The predicted octanol–water partition coefficient (Wildman–Crippen LogP) is 5.96. The molecule has 0 amide bonds. The minimum absolute atomic E-state index is 0.0247. The van der Waals surface area contributed by atoms with E-state index in [0.717, 1.165) is 28.7 Å². The fourth-order valence-electron chi connectivity index (χ4n) is 5.41. The molecule has 4 unspecified atom stereocenters. The van der Waals surface area contributed by atoms with Crippen LogP contribution in [-0.2, 0) is 9.47 Å². The Morgan fingerprint density at radius 2 is 1.06 bits per heavy atom. The van der Waals surface area contributed by atoms with Crippen molar-refractivity contribution in [3.63, 3.8) is 0 Å². The molecular formula is C29H28O4. The number of fused-ring (bicyclic) bond motifs is 5. The third kappa shape index (κ3) is 3.54. The summed E-state index contributed by atoms with van der Waals surface area (Å²) in [5.41, 5.74) is 7.42. The van der Waals surface area contributed by atoms with E-state index in [0.29, 0.717) is 11.1 Å². The zero-order chi connectivity index (χ0) is 23.3. The van der Waals surface area contributed by atoms with Crippen molar-refractivity contribution >= 4 is 11.9 Å². The molecule has 0 spiro atoms. The predicted molar refractivity (Wildman–Crippen MR) is 127 cm³/mol. The van der Waals surface area contributed by atoms with Crippen LogP contribution in [0.3, 0.4) is 0 Å². The molecule has 4 heteroatoms. The first-order valence-electron chi connectivity index (χ1n) is 11.5. The Morgan fingerprint density at radius 1 is 0.636 bits per heavy atom. The zero-order valence-corrected chi connectivity index (χ0v) is 19.4. The van der Waals surface area contributed by atoms with Gasteiger partial charge >= 0.3 is 11.9 Å². The Labute approximate surface area is 194 Å². The maximum Gasteiger partial charge on any atom is 0.338 e. The molecule has 1 fully saturated rings. The summed E-state index contributed by atoms with van der Waals surface area (Å²) in [5.74, 6) is -0.675. The molecule has 4 atom stereocenters. The van der Waals surface area contributed by atoms with Crippen molar-refractivity contribution in [1.82, 2.24) is 0 Å². The van der Waals surface area contributed by atoms with E-state index in [-0.39, 0.29) is 23.8 Å². The summed E-state index contributed by atoms with van der Waals surface area (Å²) in [6.45, 7) is 7.82. The molecule has 2 bridgehead atoms. The quantitative estimate of drug-likeness (QED) is 0.470. The topological polar surface area (TPSA) is 52.6 Å². The number of esters is 2. The summed E-state index contributed by atoms with van der Waals surface area (Å²) >= 11 is 0. The number of hydrogen-bond acceptors (Lipinski definition) is 4. The molecule has 1 saturated carbocycles. The number of carbonyl (C=O) groups is 2. The first-order valence-corrected chi connectivity index (χ1v) is 11.5. The van der Waals surface area contributed by atoms with Crippen molar-refractivity contribution in [2.45, 2.75) is 58.2 Å². The van der Waals surface area contributed by atoms with Gasteiger partial charge in [-0.2, -0.15) is 0 Å². The summed E-state index contributed by atoms with van der Waals surface area (Å²) in [4.78, 5) is 26.4. The van der Waals surface area contributed by atoms with Crippen molar-refractivity contribution in [3.05, 3.63) is 105 Å². The van der Waals surface area contributed by atoms with E-state index in [9.17, 15) is 9.59 Å². The van der Waals surface area contributed by atoms with E-state index in [1.165, 1.54) is 11.1 Å². The van der Waals surface area contributed by atoms with Crippen molar-refractivity contribution in [1.29, 1.82) is 0 Å². The molecule has 0 radical (unpaired) electrons. The Hall–Kier alpha value is -3.40. The van der Waals surface area contributed by atoms with Gasteiger partial charge in [-0.3, -0.25) is 0 Å². The van der Waals surface area contributed by atoms with Crippen LogP contribution in [-0.4, -0.2) is 24.1 Å². The molecular weight excluding hydrogens is 412 g/mol. The number of carbonyl (C=O) groups excluding carboxylic acids is 2. The molecule has 3 aromatic carbocycles. The van der Waals surface area contributed by atoms with Gasteiger partial charge in [0, 0.05) is 11.8 Å². The van der Waals surface area contributed by atoms with Gasteiger partial charge in [-0.1, -0.05) is 48.5 Å². The van der Waals surface area contributed by atoms with Gasteiger partial charge in [0.25, 0.3) is 0 Å². The third-order valence-electron chi connectivity index (χ3n) is 7.56. The number of hydrogen-bond donors (Lipinski definition) is 0. The van der Waals surface area contributed by atoms with Crippen LogP contribution >= 0.6 is 0 Å². The molecule has 4 nitrogen and oxygen atoms in total. The summed E-state index contributed by atoms with van der Waals surface area (Å²) in [6.07, 6.45) is -0.202. The zero-order valence-electron chi connectivity index (χ0n) is 19.4. The Balaban J connectivity index is 1.47. The molecule has 0 aliphatic heterocycles. The lowest BCUT2D eigenvalue weighted by Gasteiger charge is -2.32. The van der Waals surface area contributed by atoms with Gasteiger partial charge in [0.15, 0.2) is 0 Å². The van der Waals surface area contributed by atoms with E-state index in [2.05, 4.69) is 12.1 Å². The van der Waals surface area contributed by atoms with Gasteiger partial charge in [-0.25, -0.2) is 9.59 Å². The number of aryl methyl sites for hydroxylation is 2. The summed E-state index contributed by atoms with van der Waals surface area (Å²) < 4.78 is 12.2. The minimum Gasteiger partial charge on any atom is -0.454 e. The third-order valence-corrected chi connectivity index (χ3v) is 7.56. The summed E-state index contributed by atoms with van der Waals surface area (Å²) in [7, 11) is 0. The van der Waals surface area contributed by atoms with Gasteiger partial charge in [0.1, 0.15) is 12.2 Å². The van der Waals surface area contributed by atoms with Crippen LogP contribution in [0.25, 0.3) is 0 Å². The molecule has 0 heterocycles. The Morgan fingerprint density at radius 3 is 1.48 bits per heavy atom. The van der Waals surface area contributed by atoms with Crippen LogP contribution in [0.15, 0.2) is 60.7 Å². The number of benzene rings is 3. The molecule has 0 N–H and O–H groups in total. The molecule has 0 aromatic heterocycles. The van der Waals surface area contributed by atoms with Crippen molar-refractivity contribution < 1.29 is 19.1 Å². The van der Waals surface area contributed by atoms with Crippen LogP contribution < -0.4 is 0 Å². The fourth-order valence-corrected chi connectivity index (χ4v) is 5.41. The van der Waals surface area contributed by atoms with Crippen molar-refractivity contribution in [2.75, 3.05) is 0 Å². The van der Waals surface area contributed by atoms with E-state index in [1.54, 1.807) is 12.1 Å². The van der Waals surface area contributed by atoms with Crippen LogP contribution in [0.2, 0.25) is 0 Å². The molecule has 168 valence electrons. The van der Waals surface area contributed by atoms with Gasteiger partial charge in [0.05, 0.1) is 11.1 Å². The SMILES string of the molecule is Cc1cccc(C(=O)OC2C3CC(c4ccccc43)C2OC(=O)c2cccc(C)c2C)c1C. The Bertz CT molecular complexity index is 1160. The second-order valence-corrected chi connectivity index (χ2v) is 9.31. The lowest BCUT2D eigenvalue weighted by Crippen LogP contribution is -2.39. The second kappa shape index (κ2) is 8.18. The standard InChI is InChI=1S/C29H28O4/c1-16-9-7-13-20(18(16)3)28(30)32-26-24-15-25(23-12-6-5-11-22(23)24)27(26)33-29(31)21-14-8-10-17(2)19(21)4/h5-14,24-27H,15H2,1-4H3. The van der Waals surface area contributed by atoms with E-state index in [4.69, 9.17) is 9.47 Å². The normalized spacial score (nSPS) is 22.7. The smallest absolute Gasteiger partial charge is 0.338 e. The average Bonchev–Trinajstić information content (AvgIpc) is 3.34. The van der Waals surface area contributed by atoms with Crippen LogP contribution in [0.5, 0.6) is 0 Å². The molecule has 5 rings (SSSR count). The summed E-state index contributed by atoms with van der Waals surface area (Å²) in [5, 5.41) is 0. The molecule has 0 saturated heterocycles. The highest BCUT2D eigenvalue weighted by Gasteiger charge is 2.55. The van der Waals surface area contributed by atoms with Gasteiger partial charge in [-0.15, -0.1) is 0 Å². The minimum atomic E-state index is -0.508. The van der Waals surface area contributed by atoms with E-state index in [1.807, 2.05) is 64.1 Å². The second-order valence-electron chi connectivity index (χ2n) is 9.31. The molecule has 2 aliphatic rings. The van der Waals surface area contributed by atoms with Gasteiger partial charge < -0.3 is 9.47 Å². The lowest BCUT2D eigenvalue weighted by molar-refractivity contribution is -0.0349. The van der Waals surface area contributed by atoms with Crippen LogP contribution in [0.4, 0.5) is 0 Å². The molecule has 2 aliphatic carbocycles. The van der Waals surface area contributed by atoms with Crippen molar-refractivity contribution in [2.24, 2.45) is 0 Å². The average molecular weight is 441 g/mol. The molecule has 3 aromatic rings. The highest BCUT2D eigenvalue weighted by Crippen LogP contribution is 2.55.